The zero-order valence-corrected chi connectivity index (χ0v) is 18.2. The van der Waals surface area contributed by atoms with Gasteiger partial charge in [0.05, 0.1) is 17.3 Å². The number of anilines is 3. The predicted molar refractivity (Wildman–Crippen MR) is 121 cm³/mol. The van der Waals surface area contributed by atoms with Gasteiger partial charge in [0.15, 0.2) is 5.76 Å². The smallest absolute Gasteiger partial charge is 0.228 e. The molecule has 0 spiro atoms. The Hall–Kier alpha value is -4.39. The Bertz CT molecular complexity index is 1330. The quantitative estimate of drug-likeness (QED) is 0.489. The first-order chi connectivity index (χ1) is 16.1. The molecule has 0 saturated carbocycles. The molecule has 0 aromatic carbocycles. The van der Waals surface area contributed by atoms with Crippen molar-refractivity contribution in [2.75, 3.05) is 16.8 Å². The number of nitrogens with zero attached hydrogens (tertiary/aromatic N) is 8. The van der Waals surface area contributed by atoms with E-state index >= 15 is 0 Å². The molecule has 1 N–H and O–H groups in total. The molecule has 10 heteroatoms. The van der Waals surface area contributed by atoms with Crippen molar-refractivity contribution in [2.45, 2.75) is 32.7 Å². The Balaban J connectivity index is 1.41. The zero-order valence-electron chi connectivity index (χ0n) is 18.2. The maximum Gasteiger partial charge on any atom is 0.228 e. The van der Waals surface area contributed by atoms with E-state index < -0.39 is 0 Å². The highest BCUT2D eigenvalue weighted by atomic mass is 16.5. The molecule has 1 aliphatic heterocycles. The van der Waals surface area contributed by atoms with Crippen LogP contribution in [0.25, 0.3) is 11.4 Å². The molecule has 1 unspecified atom stereocenters. The van der Waals surface area contributed by atoms with Crippen molar-refractivity contribution in [3.63, 3.8) is 0 Å². The molecule has 0 aliphatic carbocycles. The fourth-order valence-corrected chi connectivity index (χ4v) is 3.93. The molecule has 4 aromatic rings. The molecule has 0 bridgehead atoms. The van der Waals surface area contributed by atoms with Crippen LogP contribution in [-0.2, 0) is 0 Å². The lowest BCUT2D eigenvalue weighted by molar-refractivity contribution is 0.362. The van der Waals surface area contributed by atoms with Crippen LogP contribution < -0.4 is 10.2 Å². The molecule has 4 aromatic heterocycles. The van der Waals surface area contributed by atoms with Gasteiger partial charge in [-0.2, -0.15) is 10.2 Å². The van der Waals surface area contributed by atoms with Gasteiger partial charge in [-0.1, -0.05) is 5.16 Å². The molecule has 1 atom stereocenters. The summed E-state index contributed by atoms with van der Waals surface area (Å²) in [6.07, 6.45) is 6.73. The normalized spacial score (nSPS) is 15.4. The SMILES string of the molecule is Cc1cc(Nc2ccc(C#N)cn2)nc(N2CCCC2c2cc(-c3nccnc3C)no2)n1. The number of rotatable bonds is 5. The summed E-state index contributed by atoms with van der Waals surface area (Å²) in [5, 5.41) is 16.4. The molecule has 1 saturated heterocycles. The van der Waals surface area contributed by atoms with Crippen LogP contribution in [-0.4, -0.2) is 36.6 Å². The van der Waals surface area contributed by atoms with E-state index in [1.807, 2.05) is 26.0 Å². The van der Waals surface area contributed by atoms with E-state index in [2.05, 4.69) is 41.4 Å². The highest BCUT2D eigenvalue weighted by molar-refractivity contribution is 5.57. The third-order valence-electron chi connectivity index (χ3n) is 5.48. The second-order valence-electron chi connectivity index (χ2n) is 7.82. The Labute approximate surface area is 190 Å². The zero-order chi connectivity index (χ0) is 22.8. The molecule has 5 heterocycles. The van der Waals surface area contributed by atoms with Crippen LogP contribution in [0, 0.1) is 25.2 Å². The summed E-state index contributed by atoms with van der Waals surface area (Å²) in [4.78, 5) is 24.5. The van der Waals surface area contributed by atoms with Crippen molar-refractivity contribution >= 4 is 17.6 Å². The fraction of sp³-hybridized carbons (Fsp3) is 0.261. The number of nitrogens with one attached hydrogen (secondary N) is 1. The first kappa shape index (κ1) is 20.5. The van der Waals surface area contributed by atoms with Gasteiger partial charge in [0.2, 0.25) is 5.95 Å². The minimum atomic E-state index is -0.0223. The average Bonchev–Trinajstić information content (AvgIpc) is 3.49. The van der Waals surface area contributed by atoms with E-state index in [0.29, 0.717) is 34.5 Å². The Kier molecular flexibility index (Phi) is 5.36. The fourth-order valence-electron chi connectivity index (χ4n) is 3.93. The van der Waals surface area contributed by atoms with E-state index in [9.17, 15) is 0 Å². The molecule has 1 fully saturated rings. The molecule has 164 valence electrons. The summed E-state index contributed by atoms with van der Waals surface area (Å²) in [5.74, 6) is 2.60. The van der Waals surface area contributed by atoms with Gasteiger partial charge in [-0.25, -0.2) is 9.97 Å². The largest absolute Gasteiger partial charge is 0.358 e. The van der Waals surface area contributed by atoms with Crippen molar-refractivity contribution in [1.82, 2.24) is 30.1 Å². The van der Waals surface area contributed by atoms with Gasteiger partial charge in [-0.15, -0.1) is 0 Å². The van der Waals surface area contributed by atoms with E-state index in [1.165, 1.54) is 6.20 Å². The van der Waals surface area contributed by atoms with Gasteiger partial charge in [0, 0.05) is 43.0 Å². The molecule has 5 rings (SSSR count). The van der Waals surface area contributed by atoms with Gasteiger partial charge in [-0.05, 0) is 38.8 Å². The number of hydrogen-bond donors (Lipinski definition) is 1. The van der Waals surface area contributed by atoms with Gasteiger partial charge >= 0.3 is 0 Å². The Morgan fingerprint density at radius 1 is 1.09 bits per heavy atom. The number of aryl methyl sites for hydroxylation is 2. The molecule has 10 nitrogen and oxygen atoms in total. The summed E-state index contributed by atoms with van der Waals surface area (Å²) in [6, 6.07) is 9.29. The third kappa shape index (κ3) is 4.21. The van der Waals surface area contributed by atoms with E-state index in [1.54, 1.807) is 24.5 Å². The van der Waals surface area contributed by atoms with Crippen LogP contribution in [0.1, 0.15) is 41.6 Å². The second-order valence-corrected chi connectivity index (χ2v) is 7.82. The van der Waals surface area contributed by atoms with Gasteiger partial charge in [0.25, 0.3) is 0 Å². The van der Waals surface area contributed by atoms with Crippen LogP contribution in [0.2, 0.25) is 0 Å². The van der Waals surface area contributed by atoms with Crippen molar-refractivity contribution in [3.8, 4) is 17.5 Å². The summed E-state index contributed by atoms with van der Waals surface area (Å²) in [5.41, 5.74) is 3.51. The molecule has 0 amide bonds. The molecular formula is C23H21N9O. The van der Waals surface area contributed by atoms with Crippen LogP contribution in [0.5, 0.6) is 0 Å². The van der Waals surface area contributed by atoms with Crippen LogP contribution in [0.3, 0.4) is 0 Å². The number of nitriles is 1. The minimum Gasteiger partial charge on any atom is -0.358 e. The maximum atomic E-state index is 8.96. The van der Waals surface area contributed by atoms with E-state index in [4.69, 9.17) is 14.8 Å². The Morgan fingerprint density at radius 3 is 2.76 bits per heavy atom. The van der Waals surface area contributed by atoms with Gasteiger partial charge < -0.3 is 14.7 Å². The lowest BCUT2D eigenvalue weighted by atomic mass is 10.1. The molecular weight excluding hydrogens is 418 g/mol. The van der Waals surface area contributed by atoms with Gasteiger partial charge in [-0.3, -0.25) is 9.97 Å². The molecule has 33 heavy (non-hydrogen) atoms. The first-order valence-corrected chi connectivity index (χ1v) is 10.6. The van der Waals surface area contributed by atoms with E-state index in [-0.39, 0.29) is 6.04 Å². The number of aromatic nitrogens is 6. The van der Waals surface area contributed by atoms with Crippen LogP contribution in [0.15, 0.2) is 47.4 Å². The van der Waals surface area contributed by atoms with Crippen molar-refractivity contribution in [3.05, 3.63) is 65.6 Å². The summed E-state index contributed by atoms with van der Waals surface area (Å²) in [7, 11) is 0. The Morgan fingerprint density at radius 2 is 1.97 bits per heavy atom. The number of pyridine rings is 1. The number of hydrogen-bond acceptors (Lipinski definition) is 10. The van der Waals surface area contributed by atoms with Crippen molar-refractivity contribution < 1.29 is 4.52 Å². The predicted octanol–water partition coefficient (Wildman–Crippen LogP) is 3.89. The van der Waals surface area contributed by atoms with Crippen molar-refractivity contribution in [2.24, 2.45) is 0 Å². The maximum absolute atomic E-state index is 8.96. The lowest BCUT2D eigenvalue weighted by Crippen LogP contribution is -2.25. The van der Waals surface area contributed by atoms with Crippen molar-refractivity contribution in [1.29, 1.82) is 5.26 Å². The molecule has 1 aliphatic rings. The topological polar surface area (TPSA) is 130 Å². The molecule has 0 radical (unpaired) electrons. The highest BCUT2D eigenvalue weighted by Gasteiger charge is 2.32. The first-order valence-electron chi connectivity index (χ1n) is 10.6. The summed E-state index contributed by atoms with van der Waals surface area (Å²) in [6.45, 7) is 4.64. The van der Waals surface area contributed by atoms with Crippen LogP contribution in [0.4, 0.5) is 17.6 Å². The lowest BCUT2D eigenvalue weighted by Gasteiger charge is -2.23. The summed E-state index contributed by atoms with van der Waals surface area (Å²) < 4.78 is 5.72. The summed E-state index contributed by atoms with van der Waals surface area (Å²) >= 11 is 0. The monoisotopic (exact) mass is 439 g/mol. The second kappa shape index (κ2) is 8.63. The third-order valence-corrected chi connectivity index (χ3v) is 5.48. The standard InChI is InChI=1S/C23H21N9O/c1-14-10-21(29-20-6-5-16(12-24)13-27-20)30-23(28-14)32-9-3-4-18(32)19-11-17(31-33-19)22-15(2)25-7-8-26-22/h5-8,10-11,13,18H,3-4,9H2,1-2H3,(H,27,28,29,30). The minimum absolute atomic E-state index is 0.0223. The van der Waals surface area contributed by atoms with Crippen LogP contribution >= 0.6 is 0 Å². The average molecular weight is 439 g/mol. The van der Waals surface area contributed by atoms with E-state index in [0.717, 1.165) is 36.5 Å². The highest BCUT2D eigenvalue weighted by Crippen LogP contribution is 2.36. The van der Waals surface area contributed by atoms with Gasteiger partial charge in [0.1, 0.15) is 29.1 Å².